The predicted molar refractivity (Wildman–Crippen MR) is 69.7 cm³/mol. The number of hydrogen-bond acceptors (Lipinski definition) is 3. The van der Waals surface area contributed by atoms with Gasteiger partial charge < -0.3 is 15.4 Å². The Morgan fingerprint density at radius 3 is 2.84 bits per heavy atom. The minimum absolute atomic E-state index is 0.0216. The summed E-state index contributed by atoms with van der Waals surface area (Å²) in [4.78, 5) is 29.6. The number of nitrogens with one attached hydrogen (secondary N) is 2. The first-order valence-electron chi connectivity index (χ1n) is 5.33. The number of aromatic nitrogens is 2. The van der Waals surface area contributed by atoms with Gasteiger partial charge in [0.05, 0.1) is 16.3 Å². The van der Waals surface area contributed by atoms with Crippen LogP contribution in [-0.4, -0.2) is 27.0 Å². The minimum Gasteiger partial charge on any atom is -0.478 e. The van der Waals surface area contributed by atoms with Crippen molar-refractivity contribution in [2.24, 2.45) is 0 Å². The number of nitrogens with zero attached hydrogens (tertiary/aromatic N) is 1. The molecule has 0 aromatic carbocycles. The zero-order chi connectivity index (χ0) is 14.0. The molecule has 0 saturated carbocycles. The lowest BCUT2D eigenvalue weighted by Gasteiger charge is -2.05. The third-order valence-corrected chi connectivity index (χ3v) is 2.88. The lowest BCUT2D eigenvalue weighted by Crippen LogP contribution is -2.14. The van der Waals surface area contributed by atoms with Crippen LogP contribution in [0.3, 0.4) is 0 Å². The van der Waals surface area contributed by atoms with Crippen molar-refractivity contribution in [1.82, 2.24) is 9.97 Å². The van der Waals surface area contributed by atoms with E-state index in [0.717, 1.165) is 0 Å². The lowest BCUT2D eigenvalue weighted by molar-refractivity contribution is 0.0697. The van der Waals surface area contributed by atoms with E-state index >= 15 is 0 Å². The monoisotopic (exact) mass is 279 g/mol. The molecule has 0 saturated heterocycles. The first-order valence-corrected chi connectivity index (χ1v) is 5.70. The number of amides is 1. The molecule has 98 valence electrons. The molecule has 19 heavy (non-hydrogen) atoms. The number of rotatable bonds is 3. The van der Waals surface area contributed by atoms with Gasteiger partial charge in [-0.2, -0.15) is 0 Å². The zero-order valence-corrected chi connectivity index (χ0v) is 10.7. The molecule has 0 atom stereocenters. The molecular formula is C12H10ClN3O3. The molecular weight excluding hydrogens is 270 g/mol. The molecule has 2 heterocycles. The third-order valence-electron chi connectivity index (χ3n) is 2.55. The number of carbonyl (C=O) groups excluding carboxylic acids is 1. The number of H-pyrrole nitrogens is 1. The molecule has 2 aromatic heterocycles. The van der Waals surface area contributed by atoms with Crippen LogP contribution < -0.4 is 5.32 Å². The van der Waals surface area contributed by atoms with Gasteiger partial charge in [0, 0.05) is 24.3 Å². The molecule has 7 heteroatoms. The molecule has 0 aliphatic carbocycles. The maximum absolute atomic E-state index is 12.0. The van der Waals surface area contributed by atoms with Gasteiger partial charge in [-0.3, -0.25) is 9.78 Å². The van der Waals surface area contributed by atoms with Crippen molar-refractivity contribution in [2.45, 2.75) is 6.92 Å². The van der Waals surface area contributed by atoms with Gasteiger partial charge in [-0.05, 0) is 13.0 Å². The number of aromatic amines is 1. The Bertz CT molecular complexity index is 651. The van der Waals surface area contributed by atoms with Crippen molar-refractivity contribution in [3.63, 3.8) is 0 Å². The van der Waals surface area contributed by atoms with E-state index in [1.54, 1.807) is 6.92 Å². The molecule has 0 bridgehead atoms. The van der Waals surface area contributed by atoms with Crippen LogP contribution in [0, 0.1) is 6.92 Å². The van der Waals surface area contributed by atoms with E-state index in [9.17, 15) is 9.59 Å². The van der Waals surface area contributed by atoms with Crippen LogP contribution in [-0.2, 0) is 0 Å². The van der Waals surface area contributed by atoms with Crippen molar-refractivity contribution in [2.75, 3.05) is 5.32 Å². The summed E-state index contributed by atoms with van der Waals surface area (Å²) < 4.78 is 0. The zero-order valence-electron chi connectivity index (χ0n) is 9.90. The second kappa shape index (κ2) is 5.11. The van der Waals surface area contributed by atoms with Crippen LogP contribution in [0.25, 0.3) is 0 Å². The summed E-state index contributed by atoms with van der Waals surface area (Å²) in [6.07, 6.45) is 4.20. The number of pyridine rings is 1. The summed E-state index contributed by atoms with van der Waals surface area (Å²) in [5, 5.41) is 11.8. The van der Waals surface area contributed by atoms with Crippen LogP contribution >= 0.6 is 11.6 Å². The second-order valence-corrected chi connectivity index (χ2v) is 4.22. The summed E-state index contributed by atoms with van der Waals surface area (Å²) in [6, 6.07) is 1.48. The number of aromatic carboxylic acids is 1. The Morgan fingerprint density at radius 2 is 2.21 bits per heavy atom. The van der Waals surface area contributed by atoms with Crippen molar-refractivity contribution in [1.29, 1.82) is 0 Å². The summed E-state index contributed by atoms with van der Waals surface area (Å²) >= 11 is 5.87. The molecule has 3 N–H and O–H groups in total. The van der Waals surface area contributed by atoms with E-state index in [-0.39, 0.29) is 21.8 Å². The Kier molecular flexibility index (Phi) is 3.52. The quantitative estimate of drug-likeness (QED) is 0.803. The number of aryl methyl sites for hydroxylation is 1. The predicted octanol–water partition coefficient (Wildman–Crippen LogP) is 2.32. The van der Waals surface area contributed by atoms with Crippen molar-refractivity contribution in [3.05, 3.63) is 46.5 Å². The molecule has 0 aliphatic rings. The molecule has 2 aromatic rings. The molecule has 2 rings (SSSR count). The number of anilines is 1. The second-order valence-electron chi connectivity index (χ2n) is 3.82. The average Bonchev–Trinajstić information content (AvgIpc) is 2.70. The van der Waals surface area contributed by atoms with E-state index in [1.807, 2.05) is 0 Å². The normalized spacial score (nSPS) is 10.2. The van der Waals surface area contributed by atoms with Crippen LogP contribution in [0.1, 0.15) is 26.4 Å². The molecule has 0 unspecified atom stereocenters. The fourth-order valence-electron chi connectivity index (χ4n) is 1.64. The van der Waals surface area contributed by atoms with Crippen LogP contribution in [0.15, 0.2) is 24.7 Å². The third kappa shape index (κ3) is 2.58. The fraction of sp³-hybridized carbons (Fsp3) is 0.0833. The molecule has 0 spiro atoms. The summed E-state index contributed by atoms with van der Waals surface area (Å²) in [5.41, 5.74) is 0.850. The Labute approximate surface area is 113 Å². The Balaban J connectivity index is 2.30. The summed E-state index contributed by atoms with van der Waals surface area (Å²) in [6.45, 7) is 1.61. The topological polar surface area (TPSA) is 95.1 Å². The van der Waals surface area contributed by atoms with Crippen molar-refractivity contribution < 1.29 is 14.7 Å². The number of halogens is 1. The van der Waals surface area contributed by atoms with Gasteiger partial charge in [-0.15, -0.1) is 0 Å². The minimum atomic E-state index is -1.12. The highest BCUT2D eigenvalue weighted by Gasteiger charge is 2.18. The SMILES string of the molecule is Cc1[nH]cc(NC(=O)c2cnccc2Cl)c1C(=O)O. The van der Waals surface area contributed by atoms with Crippen molar-refractivity contribution in [3.8, 4) is 0 Å². The van der Waals surface area contributed by atoms with Gasteiger partial charge in [-0.25, -0.2) is 4.79 Å². The number of carboxylic acids is 1. The first kappa shape index (κ1) is 13.1. The van der Waals surface area contributed by atoms with Crippen molar-refractivity contribution >= 4 is 29.2 Å². The highest BCUT2D eigenvalue weighted by atomic mass is 35.5. The maximum Gasteiger partial charge on any atom is 0.339 e. The standard InChI is InChI=1S/C12H10ClN3O3/c1-6-10(12(18)19)9(5-15-6)16-11(17)7-4-14-3-2-8(7)13/h2-5,15H,1H3,(H,16,17)(H,18,19). The largest absolute Gasteiger partial charge is 0.478 e. The van der Waals surface area contributed by atoms with Gasteiger partial charge in [0.1, 0.15) is 5.56 Å². The van der Waals surface area contributed by atoms with E-state index in [2.05, 4.69) is 15.3 Å². The van der Waals surface area contributed by atoms with E-state index in [4.69, 9.17) is 16.7 Å². The average molecular weight is 280 g/mol. The van der Waals surface area contributed by atoms with Crippen LogP contribution in [0.4, 0.5) is 5.69 Å². The first-order chi connectivity index (χ1) is 9.00. The molecule has 0 aliphatic heterocycles. The maximum atomic E-state index is 12.0. The highest BCUT2D eigenvalue weighted by Crippen LogP contribution is 2.21. The molecule has 0 fully saturated rings. The van der Waals surface area contributed by atoms with E-state index in [0.29, 0.717) is 5.69 Å². The van der Waals surface area contributed by atoms with E-state index in [1.165, 1.54) is 24.7 Å². The smallest absolute Gasteiger partial charge is 0.339 e. The van der Waals surface area contributed by atoms with E-state index < -0.39 is 11.9 Å². The highest BCUT2D eigenvalue weighted by molar-refractivity contribution is 6.34. The Morgan fingerprint density at radius 1 is 1.47 bits per heavy atom. The lowest BCUT2D eigenvalue weighted by atomic mass is 10.2. The van der Waals surface area contributed by atoms with Gasteiger partial charge in [0.2, 0.25) is 0 Å². The van der Waals surface area contributed by atoms with Gasteiger partial charge in [-0.1, -0.05) is 11.6 Å². The Hall–Kier alpha value is -2.34. The van der Waals surface area contributed by atoms with Crippen LogP contribution in [0.5, 0.6) is 0 Å². The molecule has 6 nitrogen and oxygen atoms in total. The molecule has 1 amide bonds. The fourth-order valence-corrected chi connectivity index (χ4v) is 1.83. The summed E-state index contributed by atoms with van der Waals surface area (Å²) in [7, 11) is 0. The molecule has 0 radical (unpaired) electrons. The number of carboxylic acid groups (broad SMARTS) is 1. The van der Waals surface area contributed by atoms with Gasteiger partial charge >= 0.3 is 5.97 Å². The number of hydrogen-bond donors (Lipinski definition) is 3. The van der Waals surface area contributed by atoms with Gasteiger partial charge in [0.25, 0.3) is 5.91 Å². The number of carbonyl (C=O) groups is 2. The summed E-state index contributed by atoms with van der Waals surface area (Å²) in [5.74, 6) is -1.63. The van der Waals surface area contributed by atoms with Gasteiger partial charge in [0.15, 0.2) is 0 Å². The van der Waals surface area contributed by atoms with Crippen LogP contribution in [0.2, 0.25) is 5.02 Å².